The zero-order valence-electron chi connectivity index (χ0n) is 11.9. The minimum Gasteiger partial charge on any atom is -0.337 e. The first-order valence-electron chi connectivity index (χ1n) is 7.02. The first kappa shape index (κ1) is 14.3. The number of hydrogen-bond acceptors (Lipinski definition) is 4. The van der Waals surface area contributed by atoms with Crippen molar-refractivity contribution in [3.05, 3.63) is 30.7 Å². The summed E-state index contributed by atoms with van der Waals surface area (Å²) < 4.78 is 29.2. The third kappa shape index (κ3) is 3.16. The Kier molecular flexibility index (Phi) is 3.58. The quantitative estimate of drug-likeness (QED) is 0.795. The lowest BCUT2D eigenvalue weighted by molar-refractivity contribution is 0.416. The summed E-state index contributed by atoms with van der Waals surface area (Å²) in [6.07, 6.45) is 9.50. The lowest BCUT2D eigenvalue weighted by Gasteiger charge is -2.16. The zero-order chi connectivity index (χ0) is 14.9. The molecule has 0 unspecified atom stereocenters. The number of H-pyrrole nitrogens is 1. The van der Waals surface area contributed by atoms with Gasteiger partial charge in [0.15, 0.2) is 5.03 Å². The number of aromatic amines is 1. The molecular formula is C13H19N5O2S. The van der Waals surface area contributed by atoms with E-state index < -0.39 is 10.0 Å². The molecule has 3 rings (SSSR count). The Hall–Kier alpha value is -1.67. The van der Waals surface area contributed by atoms with Crippen LogP contribution in [0.25, 0.3) is 0 Å². The van der Waals surface area contributed by atoms with E-state index in [-0.39, 0.29) is 10.4 Å². The molecule has 1 aliphatic carbocycles. The van der Waals surface area contributed by atoms with Gasteiger partial charge in [0.05, 0.1) is 12.5 Å². The van der Waals surface area contributed by atoms with Crippen molar-refractivity contribution >= 4 is 10.0 Å². The summed E-state index contributed by atoms with van der Waals surface area (Å²) in [5.74, 6) is 0.676. The maximum Gasteiger partial charge on any atom is 0.257 e. The molecule has 0 saturated heterocycles. The van der Waals surface area contributed by atoms with Crippen molar-refractivity contribution < 1.29 is 8.42 Å². The van der Waals surface area contributed by atoms with Crippen LogP contribution in [0.2, 0.25) is 0 Å². The smallest absolute Gasteiger partial charge is 0.257 e. The highest BCUT2D eigenvalue weighted by Gasteiger charge is 2.43. The molecule has 0 atom stereocenters. The molecule has 0 amide bonds. The maximum absolute atomic E-state index is 12.2. The van der Waals surface area contributed by atoms with Gasteiger partial charge in [-0.1, -0.05) is 6.92 Å². The van der Waals surface area contributed by atoms with Crippen LogP contribution in [0.15, 0.2) is 29.9 Å². The van der Waals surface area contributed by atoms with Crippen LogP contribution in [0.4, 0.5) is 0 Å². The largest absolute Gasteiger partial charge is 0.337 e. The third-order valence-electron chi connectivity index (χ3n) is 3.90. The lowest BCUT2D eigenvalue weighted by Crippen LogP contribution is -2.32. The molecule has 8 heteroatoms. The Morgan fingerprint density at radius 3 is 2.86 bits per heavy atom. The summed E-state index contributed by atoms with van der Waals surface area (Å²) in [5.41, 5.74) is 0.0153. The van der Waals surface area contributed by atoms with Crippen molar-refractivity contribution in [2.24, 2.45) is 5.41 Å². The first-order chi connectivity index (χ1) is 10.0. The Morgan fingerprint density at radius 1 is 1.48 bits per heavy atom. The van der Waals surface area contributed by atoms with Crippen molar-refractivity contribution in [2.75, 3.05) is 6.54 Å². The second kappa shape index (κ2) is 5.27. The molecule has 2 N–H and O–H groups in total. The Labute approximate surface area is 123 Å². The van der Waals surface area contributed by atoms with Crippen LogP contribution < -0.4 is 4.72 Å². The third-order valence-corrected chi connectivity index (χ3v) is 5.21. The van der Waals surface area contributed by atoms with E-state index in [1.807, 2.05) is 17.7 Å². The fourth-order valence-electron chi connectivity index (χ4n) is 2.32. The van der Waals surface area contributed by atoms with Gasteiger partial charge < -0.3 is 9.55 Å². The van der Waals surface area contributed by atoms with Crippen molar-refractivity contribution in [3.63, 3.8) is 0 Å². The number of imidazole rings is 2. The number of sulfonamides is 1. The van der Waals surface area contributed by atoms with Crippen LogP contribution in [-0.2, 0) is 23.0 Å². The second-order valence-electron chi connectivity index (χ2n) is 5.61. The molecule has 114 valence electrons. The fourth-order valence-corrected chi connectivity index (χ4v) is 3.42. The fraction of sp³-hybridized carbons (Fsp3) is 0.538. The SMILES string of the molecule is CCc1ncc(S(=O)(=O)NCC2(Cn3ccnc3)CC2)[nH]1. The predicted octanol–water partition coefficient (Wildman–Crippen LogP) is 0.927. The highest BCUT2D eigenvalue weighted by molar-refractivity contribution is 7.89. The van der Waals surface area contributed by atoms with E-state index in [2.05, 4.69) is 19.7 Å². The predicted molar refractivity (Wildman–Crippen MR) is 77.0 cm³/mol. The van der Waals surface area contributed by atoms with Crippen LogP contribution in [0.5, 0.6) is 0 Å². The van der Waals surface area contributed by atoms with Crippen LogP contribution in [0.1, 0.15) is 25.6 Å². The van der Waals surface area contributed by atoms with Crippen molar-refractivity contribution in [3.8, 4) is 0 Å². The standard InChI is InChI=1S/C13H19N5O2S/c1-2-11-15-7-12(17-11)21(19,20)16-8-13(3-4-13)9-18-6-5-14-10-18/h5-7,10,16H,2-4,8-9H2,1H3,(H,15,17). The summed E-state index contributed by atoms with van der Waals surface area (Å²) in [5, 5.41) is 0.137. The van der Waals surface area contributed by atoms with Gasteiger partial charge in [-0.15, -0.1) is 0 Å². The van der Waals surface area contributed by atoms with E-state index in [1.165, 1.54) is 6.20 Å². The topological polar surface area (TPSA) is 92.7 Å². The van der Waals surface area contributed by atoms with E-state index in [0.29, 0.717) is 18.8 Å². The number of aromatic nitrogens is 4. The second-order valence-corrected chi connectivity index (χ2v) is 7.34. The number of nitrogens with zero attached hydrogens (tertiary/aromatic N) is 3. The molecule has 1 fully saturated rings. The van der Waals surface area contributed by atoms with Crippen LogP contribution >= 0.6 is 0 Å². The highest BCUT2D eigenvalue weighted by atomic mass is 32.2. The number of nitrogens with one attached hydrogen (secondary N) is 2. The minimum atomic E-state index is -3.51. The van der Waals surface area contributed by atoms with Gasteiger partial charge in [-0.05, 0) is 12.8 Å². The number of rotatable bonds is 7. The molecule has 21 heavy (non-hydrogen) atoms. The Bertz CT molecular complexity index is 701. The van der Waals surface area contributed by atoms with E-state index in [4.69, 9.17) is 0 Å². The summed E-state index contributed by atoms with van der Waals surface area (Å²) in [6.45, 7) is 3.15. The lowest BCUT2D eigenvalue weighted by atomic mass is 10.1. The molecule has 7 nitrogen and oxygen atoms in total. The summed E-state index contributed by atoms with van der Waals surface area (Å²) >= 11 is 0. The minimum absolute atomic E-state index is 0.0153. The average molecular weight is 309 g/mol. The van der Waals surface area contributed by atoms with Gasteiger partial charge in [0.25, 0.3) is 10.0 Å². The molecule has 1 aliphatic rings. The van der Waals surface area contributed by atoms with Crippen LogP contribution in [0.3, 0.4) is 0 Å². The van der Waals surface area contributed by atoms with Gasteiger partial charge >= 0.3 is 0 Å². The zero-order valence-corrected chi connectivity index (χ0v) is 12.7. The molecular weight excluding hydrogens is 290 g/mol. The van der Waals surface area contributed by atoms with E-state index in [0.717, 1.165) is 19.4 Å². The van der Waals surface area contributed by atoms with Gasteiger partial charge in [-0.2, -0.15) is 0 Å². The molecule has 0 aromatic carbocycles. The molecule has 0 bridgehead atoms. The highest BCUT2D eigenvalue weighted by Crippen LogP contribution is 2.46. The van der Waals surface area contributed by atoms with Crippen molar-refractivity contribution in [2.45, 2.75) is 37.8 Å². The van der Waals surface area contributed by atoms with Crippen molar-refractivity contribution in [1.29, 1.82) is 0 Å². The van der Waals surface area contributed by atoms with Gasteiger partial charge in [0.2, 0.25) is 0 Å². The molecule has 0 aliphatic heterocycles. The average Bonchev–Trinajstić information content (AvgIpc) is 2.89. The molecule has 2 aromatic rings. The molecule has 1 saturated carbocycles. The van der Waals surface area contributed by atoms with Crippen molar-refractivity contribution in [1.82, 2.24) is 24.2 Å². The van der Waals surface area contributed by atoms with Gasteiger partial charge in [0.1, 0.15) is 5.82 Å². The maximum atomic E-state index is 12.2. The van der Waals surface area contributed by atoms with Crippen LogP contribution in [-0.4, -0.2) is 34.5 Å². The Morgan fingerprint density at radius 2 is 2.29 bits per heavy atom. The Balaban J connectivity index is 1.64. The van der Waals surface area contributed by atoms with E-state index >= 15 is 0 Å². The molecule has 0 spiro atoms. The molecule has 2 heterocycles. The summed E-state index contributed by atoms with van der Waals surface area (Å²) in [4.78, 5) is 10.9. The number of hydrogen-bond donors (Lipinski definition) is 2. The number of aryl methyl sites for hydroxylation is 1. The summed E-state index contributed by atoms with van der Waals surface area (Å²) in [7, 11) is -3.51. The van der Waals surface area contributed by atoms with Gasteiger partial charge in [0, 0.05) is 37.3 Å². The van der Waals surface area contributed by atoms with Crippen LogP contribution in [0, 0.1) is 5.41 Å². The molecule has 0 radical (unpaired) electrons. The molecule has 2 aromatic heterocycles. The summed E-state index contributed by atoms with van der Waals surface area (Å²) in [6, 6.07) is 0. The van der Waals surface area contributed by atoms with E-state index in [9.17, 15) is 8.42 Å². The van der Waals surface area contributed by atoms with Gasteiger partial charge in [-0.25, -0.2) is 23.1 Å². The normalized spacial score (nSPS) is 17.0. The first-order valence-corrected chi connectivity index (χ1v) is 8.51. The van der Waals surface area contributed by atoms with Gasteiger partial charge in [-0.3, -0.25) is 0 Å². The van der Waals surface area contributed by atoms with E-state index in [1.54, 1.807) is 12.5 Å². The monoisotopic (exact) mass is 309 g/mol.